The molecule has 1 heterocycles. The van der Waals surface area contributed by atoms with E-state index in [9.17, 15) is 0 Å². The van der Waals surface area contributed by atoms with Crippen LogP contribution >= 0.6 is 11.8 Å². The van der Waals surface area contributed by atoms with Gasteiger partial charge in [0.2, 0.25) is 0 Å². The molecule has 0 aliphatic heterocycles. The smallest absolute Gasteiger partial charge is 0.0378 e. The molecule has 0 amide bonds. The minimum Gasteiger partial charge on any atom is -0.258 e. The van der Waals surface area contributed by atoms with Crippen LogP contribution in [-0.2, 0) is 0 Å². The molecule has 1 atom stereocenters. The minimum atomic E-state index is 0.368. The number of hydrogen-bond donors (Lipinski definition) is 0. The maximum atomic E-state index is 4.55. The van der Waals surface area contributed by atoms with Crippen LogP contribution in [0, 0.1) is 27.7 Å². The summed E-state index contributed by atoms with van der Waals surface area (Å²) < 4.78 is 0. The molecule has 0 saturated carbocycles. The van der Waals surface area contributed by atoms with Gasteiger partial charge in [0.05, 0.1) is 0 Å². The Hall–Kier alpha value is -2.06. The van der Waals surface area contributed by atoms with E-state index >= 15 is 0 Å². The molecule has 1 aromatic heterocycles. The second kappa shape index (κ2) is 7.88. The van der Waals surface area contributed by atoms with Gasteiger partial charge in [0.1, 0.15) is 0 Å². The fourth-order valence-corrected chi connectivity index (χ4v) is 4.62. The Labute approximate surface area is 155 Å². The van der Waals surface area contributed by atoms with Crippen molar-refractivity contribution in [2.24, 2.45) is 0 Å². The molecule has 1 nitrogen and oxygen atoms in total. The zero-order valence-corrected chi connectivity index (χ0v) is 16.2. The molecule has 128 valence electrons. The number of thioether (sulfide) groups is 1. The van der Waals surface area contributed by atoms with E-state index in [0.29, 0.717) is 5.92 Å². The third-order valence-electron chi connectivity index (χ3n) is 4.32. The van der Waals surface area contributed by atoms with E-state index in [1.54, 1.807) is 0 Å². The van der Waals surface area contributed by atoms with Crippen LogP contribution in [0.25, 0.3) is 0 Å². The van der Waals surface area contributed by atoms with E-state index in [-0.39, 0.29) is 0 Å². The molecule has 3 rings (SSSR count). The van der Waals surface area contributed by atoms with Gasteiger partial charge in [0.15, 0.2) is 0 Å². The first-order chi connectivity index (χ1) is 12.0. The van der Waals surface area contributed by atoms with Crippen molar-refractivity contribution in [1.82, 2.24) is 4.98 Å². The second-order valence-corrected chi connectivity index (χ2v) is 7.87. The average Bonchev–Trinajstić information content (AvgIpc) is 2.54. The highest BCUT2D eigenvalue weighted by Gasteiger charge is 2.16. The average molecular weight is 348 g/mol. The Morgan fingerprint density at radius 2 is 1.36 bits per heavy atom. The molecule has 0 N–H and O–H groups in total. The first kappa shape index (κ1) is 17.8. The highest BCUT2D eigenvalue weighted by molar-refractivity contribution is 7.99. The number of pyridine rings is 1. The molecule has 1 unspecified atom stereocenters. The third kappa shape index (κ3) is 4.73. The van der Waals surface area contributed by atoms with Crippen molar-refractivity contribution in [2.75, 3.05) is 5.75 Å². The molecule has 0 spiro atoms. The predicted molar refractivity (Wildman–Crippen MR) is 109 cm³/mol. The highest BCUT2D eigenvalue weighted by atomic mass is 32.2. The van der Waals surface area contributed by atoms with E-state index in [1.807, 2.05) is 11.8 Å². The molecule has 3 aromatic rings. The lowest BCUT2D eigenvalue weighted by Crippen LogP contribution is -2.06. The van der Waals surface area contributed by atoms with Crippen LogP contribution in [0.15, 0.2) is 65.6 Å². The van der Waals surface area contributed by atoms with Crippen molar-refractivity contribution < 1.29 is 0 Å². The van der Waals surface area contributed by atoms with Gasteiger partial charge in [-0.05, 0) is 74.2 Å². The van der Waals surface area contributed by atoms with E-state index in [0.717, 1.165) is 17.1 Å². The molecular formula is C23H25NS. The summed E-state index contributed by atoms with van der Waals surface area (Å²) in [4.78, 5) is 5.89. The number of nitrogens with zero attached hydrogens (tertiary/aromatic N) is 1. The number of aryl methyl sites for hydroxylation is 4. The van der Waals surface area contributed by atoms with Gasteiger partial charge in [-0.25, -0.2) is 0 Å². The maximum absolute atomic E-state index is 4.55. The van der Waals surface area contributed by atoms with Crippen molar-refractivity contribution in [3.05, 3.63) is 94.3 Å². The standard InChI is InChI=1S/C23H25NS/c1-16-10-17(2)12-22(11-16)25-15-23(20-8-6-5-7-9-20)21-13-18(3)24-19(4)14-21/h5-14,23H,15H2,1-4H3. The normalized spacial score (nSPS) is 12.2. The number of hydrogen-bond acceptors (Lipinski definition) is 2. The summed E-state index contributed by atoms with van der Waals surface area (Å²) in [7, 11) is 0. The van der Waals surface area contributed by atoms with Crippen LogP contribution in [0.5, 0.6) is 0 Å². The lowest BCUT2D eigenvalue weighted by atomic mass is 9.92. The molecule has 0 aliphatic rings. The first-order valence-corrected chi connectivity index (χ1v) is 9.71. The zero-order chi connectivity index (χ0) is 17.8. The van der Waals surface area contributed by atoms with Gasteiger partial charge in [-0.2, -0.15) is 0 Å². The molecule has 2 heteroatoms. The largest absolute Gasteiger partial charge is 0.258 e. The fraction of sp³-hybridized carbons (Fsp3) is 0.261. The van der Waals surface area contributed by atoms with Crippen LogP contribution in [-0.4, -0.2) is 10.7 Å². The Morgan fingerprint density at radius 3 is 1.96 bits per heavy atom. The summed E-state index contributed by atoms with van der Waals surface area (Å²) in [6.07, 6.45) is 0. The highest BCUT2D eigenvalue weighted by Crippen LogP contribution is 2.32. The van der Waals surface area contributed by atoms with Crippen molar-refractivity contribution >= 4 is 11.8 Å². The SMILES string of the molecule is Cc1cc(C)cc(SCC(c2ccccc2)c2cc(C)nc(C)c2)c1. The molecule has 2 aromatic carbocycles. The Morgan fingerprint density at radius 1 is 0.760 bits per heavy atom. The van der Waals surface area contributed by atoms with E-state index in [1.165, 1.54) is 27.1 Å². The van der Waals surface area contributed by atoms with Crippen LogP contribution in [0.2, 0.25) is 0 Å². The first-order valence-electron chi connectivity index (χ1n) is 8.72. The summed E-state index contributed by atoms with van der Waals surface area (Å²) in [5, 5.41) is 0. The van der Waals surface area contributed by atoms with Crippen molar-refractivity contribution in [2.45, 2.75) is 38.5 Å². The monoisotopic (exact) mass is 347 g/mol. The molecule has 0 bridgehead atoms. The molecule has 0 fully saturated rings. The molecule has 0 saturated heterocycles. The van der Waals surface area contributed by atoms with Gasteiger partial charge in [-0.3, -0.25) is 4.98 Å². The van der Waals surface area contributed by atoms with Gasteiger partial charge in [-0.15, -0.1) is 11.8 Å². The molecule has 0 aliphatic carbocycles. The maximum Gasteiger partial charge on any atom is 0.0378 e. The topological polar surface area (TPSA) is 12.9 Å². The number of aromatic nitrogens is 1. The van der Waals surface area contributed by atoms with E-state index < -0.39 is 0 Å². The summed E-state index contributed by atoms with van der Waals surface area (Å²) in [5.41, 5.74) is 7.56. The fourth-order valence-electron chi connectivity index (χ4n) is 3.33. The summed E-state index contributed by atoms with van der Waals surface area (Å²) in [5.74, 6) is 1.39. The van der Waals surface area contributed by atoms with Crippen LogP contribution in [0.4, 0.5) is 0 Å². The van der Waals surface area contributed by atoms with Gasteiger partial charge >= 0.3 is 0 Å². The van der Waals surface area contributed by atoms with Gasteiger partial charge in [-0.1, -0.05) is 36.4 Å². The number of rotatable bonds is 5. The summed E-state index contributed by atoms with van der Waals surface area (Å²) >= 11 is 1.94. The second-order valence-electron chi connectivity index (χ2n) is 6.78. The van der Waals surface area contributed by atoms with Gasteiger partial charge < -0.3 is 0 Å². The van der Waals surface area contributed by atoms with Crippen LogP contribution in [0.1, 0.15) is 39.6 Å². The lowest BCUT2D eigenvalue weighted by molar-refractivity contribution is 0.917. The van der Waals surface area contributed by atoms with Gasteiger partial charge in [0, 0.05) is 28.0 Å². The van der Waals surface area contributed by atoms with Gasteiger partial charge in [0.25, 0.3) is 0 Å². The predicted octanol–water partition coefficient (Wildman–Crippen LogP) is 6.24. The zero-order valence-electron chi connectivity index (χ0n) is 15.4. The Balaban J connectivity index is 1.91. The van der Waals surface area contributed by atoms with Crippen molar-refractivity contribution in [3.8, 4) is 0 Å². The van der Waals surface area contributed by atoms with Crippen LogP contribution < -0.4 is 0 Å². The summed E-state index contributed by atoms with van der Waals surface area (Å²) in [6.45, 7) is 8.49. The minimum absolute atomic E-state index is 0.368. The van der Waals surface area contributed by atoms with Crippen molar-refractivity contribution in [1.29, 1.82) is 0 Å². The molecular weight excluding hydrogens is 322 g/mol. The Kier molecular flexibility index (Phi) is 5.60. The van der Waals surface area contributed by atoms with E-state index in [4.69, 9.17) is 0 Å². The van der Waals surface area contributed by atoms with E-state index in [2.05, 4.69) is 93.3 Å². The van der Waals surface area contributed by atoms with Crippen LogP contribution in [0.3, 0.4) is 0 Å². The molecule has 25 heavy (non-hydrogen) atoms. The Bertz CT molecular complexity index is 815. The quantitative estimate of drug-likeness (QED) is 0.507. The molecule has 0 radical (unpaired) electrons. The third-order valence-corrected chi connectivity index (χ3v) is 5.39. The lowest BCUT2D eigenvalue weighted by Gasteiger charge is -2.19. The number of benzene rings is 2. The van der Waals surface area contributed by atoms with Crippen molar-refractivity contribution in [3.63, 3.8) is 0 Å². The summed E-state index contributed by atoms with van der Waals surface area (Å²) in [6, 6.07) is 22.1.